The maximum Gasteiger partial charge on any atom is 0.573 e. The summed E-state index contributed by atoms with van der Waals surface area (Å²) >= 11 is 0. The van der Waals surface area contributed by atoms with Crippen molar-refractivity contribution in [2.45, 2.75) is 38.7 Å². The molecule has 3 atom stereocenters. The lowest BCUT2D eigenvalue weighted by atomic mass is 10.0. The van der Waals surface area contributed by atoms with Crippen molar-refractivity contribution in [3.63, 3.8) is 0 Å². The maximum atomic E-state index is 12.4. The van der Waals surface area contributed by atoms with Gasteiger partial charge in [0, 0.05) is 30.3 Å². The molecule has 9 heteroatoms. The summed E-state index contributed by atoms with van der Waals surface area (Å²) in [6.45, 7) is 3.64. The van der Waals surface area contributed by atoms with Crippen molar-refractivity contribution in [1.29, 1.82) is 0 Å². The highest BCUT2D eigenvalue weighted by atomic mass is 19.4. The first-order valence-electron chi connectivity index (χ1n) is 7.81. The lowest BCUT2D eigenvalue weighted by Crippen LogP contribution is -2.46. The summed E-state index contributed by atoms with van der Waals surface area (Å²) in [6.07, 6.45) is -4.44. The van der Waals surface area contributed by atoms with Gasteiger partial charge in [-0.1, -0.05) is 13.0 Å². The third-order valence-corrected chi connectivity index (χ3v) is 4.09. The van der Waals surface area contributed by atoms with Gasteiger partial charge in [-0.3, -0.25) is 9.59 Å². The molecule has 2 rings (SSSR count). The number of hydrogen-bond donors (Lipinski definition) is 2. The fourth-order valence-electron chi connectivity index (χ4n) is 2.46. The molecule has 0 saturated carbocycles. The summed E-state index contributed by atoms with van der Waals surface area (Å²) in [5.41, 5.74) is 5.95. The van der Waals surface area contributed by atoms with Crippen LogP contribution >= 0.6 is 0 Å². The molecule has 1 aliphatic heterocycles. The highest BCUT2D eigenvalue weighted by Gasteiger charge is 2.35. The Kier molecular flexibility index (Phi) is 5.56. The average Bonchev–Trinajstić information content (AvgIpc) is 2.86. The quantitative estimate of drug-likeness (QED) is 0.839. The summed E-state index contributed by atoms with van der Waals surface area (Å²) in [5.74, 6) is -1.57. The summed E-state index contributed by atoms with van der Waals surface area (Å²) < 4.78 is 40.8. The second kappa shape index (κ2) is 7.30. The Balaban J connectivity index is 2.07. The minimum Gasteiger partial charge on any atom is -0.406 e. The van der Waals surface area contributed by atoms with Crippen LogP contribution in [0.1, 0.15) is 20.3 Å². The van der Waals surface area contributed by atoms with Crippen molar-refractivity contribution in [1.82, 2.24) is 5.32 Å². The van der Waals surface area contributed by atoms with Crippen molar-refractivity contribution < 1.29 is 27.5 Å². The Hall–Kier alpha value is -2.29. The van der Waals surface area contributed by atoms with E-state index in [0.717, 1.165) is 12.1 Å². The zero-order valence-electron chi connectivity index (χ0n) is 13.8. The van der Waals surface area contributed by atoms with Crippen LogP contribution in [-0.4, -0.2) is 36.8 Å². The van der Waals surface area contributed by atoms with Gasteiger partial charge in [0.15, 0.2) is 0 Å². The van der Waals surface area contributed by atoms with E-state index in [1.54, 1.807) is 13.8 Å². The molecule has 0 bridgehead atoms. The third-order valence-electron chi connectivity index (χ3n) is 4.09. The fraction of sp³-hybridized carbons (Fsp3) is 0.500. The van der Waals surface area contributed by atoms with Gasteiger partial charge < -0.3 is 20.7 Å². The Morgan fingerprint density at radius 1 is 1.40 bits per heavy atom. The number of nitrogens with one attached hydrogen (secondary N) is 1. The van der Waals surface area contributed by atoms with E-state index >= 15 is 0 Å². The van der Waals surface area contributed by atoms with Crippen molar-refractivity contribution in [2.75, 3.05) is 11.4 Å². The molecule has 1 aliphatic rings. The number of carbonyl (C=O) groups excluding carboxylic acids is 2. The van der Waals surface area contributed by atoms with Crippen molar-refractivity contribution >= 4 is 17.5 Å². The molecule has 138 valence electrons. The number of alkyl halides is 3. The Bertz CT molecular complexity index is 649. The van der Waals surface area contributed by atoms with Crippen LogP contribution in [0, 0.1) is 5.92 Å². The minimum atomic E-state index is -4.81. The van der Waals surface area contributed by atoms with Gasteiger partial charge in [-0.05, 0) is 25.5 Å². The number of carbonyl (C=O) groups is 2. The minimum absolute atomic E-state index is 0.281. The molecule has 1 fully saturated rings. The topological polar surface area (TPSA) is 84.7 Å². The first-order valence-corrected chi connectivity index (χ1v) is 7.81. The number of nitrogens with zero attached hydrogens (tertiary/aromatic N) is 1. The van der Waals surface area contributed by atoms with E-state index in [1.165, 1.54) is 17.0 Å². The molecule has 1 heterocycles. The van der Waals surface area contributed by atoms with Gasteiger partial charge in [0.05, 0.1) is 0 Å². The number of rotatable bonds is 5. The van der Waals surface area contributed by atoms with Gasteiger partial charge in [-0.25, -0.2) is 0 Å². The van der Waals surface area contributed by atoms with E-state index in [9.17, 15) is 22.8 Å². The maximum absolute atomic E-state index is 12.4. The standard InChI is InChI=1S/C16H20F3N3O3/c1-9(10(2)20)14(23)21-13-6-7-22(15(13)24)11-4-3-5-12(8-11)25-16(17,18)19/h3-5,8-10,13H,6-7,20H2,1-2H3,(H,21,23). The SMILES string of the molecule is CC(N)C(C)C(=O)NC1CCN(c2cccc(OC(F)(F)F)c2)C1=O. The largest absolute Gasteiger partial charge is 0.573 e. The number of ether oxygens (including phenoxy) is 1. The molecule has 0 aromatic heterocycles. The Labute approximate surface area is 143 Å². The van der Waals surface area contributed by atoms with Gasteiger partial charge >= 0.3 is 6.36 Å². The fourth-order valence-corrected chi connectivity index (χ4v) is 2.46. The predicted molar refractivity (Wildman–Crippen MR) is 84.8 cm³/mol. The first kappa shape index (κ1) is 19.0. The van der Waals surface area contributed by atoms with E-state index in [2.05, 4.69) is 10.1 Å². The molecule has 1 saturated heterocycles. The van der Waals surface area contributed by atoms with Crippen LogP contribution in [0.2, 0.25) is 0 Å². The Morgan fingerprint density at radius 3 is 2.68 bits per heavy atom. The molecule has 0 radical (unpaired) electrons. The third kappa shape index (κ3) is 4.85. The monoisotopic (exact) mass is 359 g/mol. The molecule has 6 nitrogen and oxygen atoms in total. The van der Waals surface area contributed by atoms with E-state index in [4.69, 9.17) is 5.73 Å². The average molecular weight is 359 g/mol. The van der Waals surface area contributed by atoms with E-state index in [0.29, 0.717) is 6.42 Å². The predicted octanol–water partition coefficient (Wildman–Crippen LogP) is 1.79. The number of amides is 2. The lowest BCUT2D eigenvalue weighted by molar-refractivity contribution is -0.274. The second-order valence-corrected chi connectivity index (χ2v) is 6.03. The Morgan fingerprint density at radius 2 is 2.08 bits per heavy atom. The highest BCUT2D eigenvalue weighted by molar-refractivity contribution is 6.01. The van der Waals surface area contributed by atoms with Crippen LogP contribution in [0.5, 0.6) is 5.75 Å². The number of anilines is 1. The second-order valence-electron chi connectivity index (χ2n) is 6.03. The molecule has 25 heavy (non-hydrogen) atoms. The molecular formula is C16H20F3N3O3. The zero-order chi connectivity index (χ0) is 18.8. The summed E-state index contributed by atoms with van der Waals surface area (Å²) in [6, 6.07) is 4.09. The number of halogens is 3. The summed E-state index contributed by atoms with van der Waals surface area (Å²) in [7, 11) is 0. The molecule has 3 N–H and O–H groups in total. The molecular weight excluding hydrogens is 339 g/mol. The van der Waals surface area contributed by atoms with Gasteiger partial charge in [-0.15, -0.1) is 13.2 Å². The summed E-state index contributed by atoms with van der Waals surface area (Å²) in [5, 5.41) is 2.64. The number of benzene rings is 1. The van der Waals surface area contributed by atoms with Crippen LogP contribution < -0.4 is 20.7 Å². The highest BCUT2D eigenvalue weighted by Crippen LogP contribution is 2.29. The first-order chi connectivity index (χ1) is 11.6. The van der Waals surface area contributed by atoms with Gasteiger partial charge in [0.1, 0.15) is 11.8 Å². The molecule has 0 aliphatic carbocycles. The molecule has 0 spiro atoms. The zero-order valence-corrected chi connectivity index (χ0v) is 13.8. The van der Waals surface area contributed by atoms with E-state index in [1.807, 2.05) is 0 Å². The van der Waals surface area contributed by atoms with Crippen molar-refractivity contribution in [3.8, 4) is 5.75 Å². The van der Waals surface area contributed by atoms with Gasteiger partial charge in [0.2, 0.25) is 11.8 Å². The number of nitrogens with two attached hydrogens (primary N) is 1. The molecule has 1 aromatic carbocycles. The van der Waals surface area contributed by atoms with Gasteiger partial charge in [-0.2, -0.15) is 0 Å². The number of hydrogen-bond acceptors (Lipinski definition) is 4. The molecule has 3 unspecified atom stereocenters. The van der Waals surface area contributed by atoms with E-state index < -0.39 is 24.1 Å². The summed E-state index contributed by atoms with van der Waals surface area (Å²) in [4.78, 5) is 25.8. The van der Waals surface area contributed by atoms with Crippen LogP contribution in [0.4, 0.5) is 18.9 Å². The van der Waals surface area contributed by atoms with Crippen LogP contribution in [0.15, 0.2) is 24.3 Å². The van der Waals surface area contributed by atoms with Crippen LogP contribution in [0.3, 0.4) is 0 Å². The van der Waals surface area contributed by atoms with Crippen LogP contribution in [0.25, 0.3) is 0 Å². The smallest absolute Gasteiger partial charge is 0.406 e. The van der Waals surface area contributed by atoms with Crippen molar-refractivity contribution in [3.05, 3.63) is 24.3 Å². The molecule has 1 aromatic rings. The van der Waals surface area contributed by atoms with Crippen LogP contribution in [-0.2, 0) is 9.59 Å². The molecule has 2 amide bonds. The van der Waals surface area contributed by atoms with Crippen molar-refractivity contribution in [2.24, 2.45) is 11.7 Å². The van der Waals surface area contributed by atoms with E-state index in [-0.39, 0.29) is 30.1 Å². The normalized spacial score (nSPS) is 20.3. The van der Waals surface area contributed by atoms with Gasteiger partial charge in [0.25, 0.3) is 0 Å². The lowest BCUT2D eigenvalue weighted by Gasteiger charge is -2.20.